The van der Waals surface area contributed by atoms with E-state index in [2.05, 4.69) is 10.3 Å². The number of hydrogen-bond donors (Lipinski definition) is 1. The number of benzene rings is 1. The zero-order chi connectivity index (χ0) is 17.6. The normalized spacial score (nSPS) is 10.4. The number of amides is 1. The zero-order valence-corrected chi connectivity index (χ0v) is 15.3. The number of rotatable bonds is 6. The minimum atomic E-state index is -0.619. The number of thiazole rings is 1. The van der Waals surface area contributed by atoms with Crippen molar-refractivity contribution in [3.05, 3.63) is 63.4 Å². The van der Waals surface area contributed by atoms with Gasteiger partial charge in [0.05, 0.1) is 4.88 Å². The smallest absolute Gasteiger partial charge is 0.358 e. The molecule has 3 aromatic rings. The summed E-state index contributed by atoms with van der Waals surface area (Å²) in [6.07, 6.45) is 0. The fourth-order valence-corrected chi connectivity index (χ4v) is 3.78. The van der Waals surface area contributed by atoms with Crippen LogP contribution in [0.4, 0.5) is 0 Å². The first kappa shape index (κ1) is 17.6. The zero-order valence-electron chi connectivity index (χ0n) is 12.9. The van der Waals surface area contributed by atoms with Gasteiger partial charge in [-0.25, -0.2) is 9.78 Å². The Morgan fingerprint density at radius 3 is 2.76 bits per heavy atom. The lowest BCUT2D eigenvalue weighted by atomic mass is 10.2. The summed E-state index contributed by atoms with van der Waals surface area (Å²) in [5.41, 5.74) is 0.997. The fourth-order valence-electron chi connectivity index (χ4n) is 1.97. The first-order chi connectivity index (χ1) is 12.1. The van der Waals surface area contributed by atoms with Crippen LogP contribution in [0.3, 0.4) is 0 Å². The largest absolute Gasteiger partial charge is 0.451 e. The van der Waals surface area contributed by atoms with Crippen LogP contribution in [0.2, 0.25) is 5.02 Å². The third-order valence-electron chi connectivity index (χ3n) is 3.21. The number of nitrogens with zero attached hydrogens (tertiary/aromatic N) is 1. The molecule has 2 aromatic heterocycles. The lowest BCUT2D eigenvalue weighted by Gasteiger charge is -2.07. The molecule has 8 heteroatoms. The van der Waals surface area contributed by atoms with Crippen molar-refractivity contribution >= 4 is 46.2 Å². The van der Waals surface area contributed by atoms with Gasteiger partial charge in [-0.15, -0.1) is 22.7 Å². The summed E-state index contributed by atoms with van der Waals surface area (Å²) in [7, 11) is 0. The van der Waals surface area contributed by atoms with E-state index >= 15 is 0 Å². The maximum Gasteiger partial charge on any atom is 0.358 e. The fraction of sp³-hybridized carbons (Fsp3) is 0.118. The summed E-state index contributed by atoms with van der Waals surface area (Å²) in [5.74, 6) is -1.02. The van der Waals surface area contributed by atoms with Crippen molar-refractivity contribution < 1.29 is 14.3 Å². The summed E-state index contributed by atoms with van der Waals surface area (Å²) in [6, 6.07) is 11.1. The maximum absolute atomic E-state index is 12.0. The van der Waals surface area contributed by atoms with Gasteiger partial charge >= 0.3 is 5.97 Å². The maximum atomic E-state index is 12.0. The number of carbonyl (C=O) groups is 2. The van der Waals surface area contributed by atoms with E-state index in [1.54, 1.807) is 22.8 Å². The number of halogens is 1. The number of nitrogens with one attached hydrogen (secondary N) is 1. The quantitative estimate of drug-likeness (QED) is 0.644. The van der Waals surface area contributed by atoms with E-state index in [1.807, 2.05) is 35.7 Å². The SMILES string of the molecule is O=C(COC(=O)c1csc(-c2cccs2)n1)NCc1ccccc1Cl. The van der Waals surface area contributed by atoms with Crippen LogP contribution in [0, 0.1) is 0 Å². The molecule has 0 aliphatic carbocycles. The van der Waals surface area contributed by atoms with Crippen molar-refractivity contribution in [1.29, 1.82) is 0 Å². The molecule has 0 bridgehead atoms. The predicted molar refractivity (Wildman–Crippen MR) is 99.0 cm³/mol. The molecule has 0 unspecified atom stereocenters. The summed E-state index contributed by atoms with van der Waals surface area (Å²) >= 11 is 8.93. The number of ether oxygens (including phenoxy) is 1. The summed E-state index contributed by atoms with van der Waals surface area (Å²) < 4.78 is 5.00. The van der Waals surface area contributed by atoms with Gasteiger partial charge in [0.1, 0.15) is 5.01 Å². The van der Waals surface area contributed by atoms with Gasteiger partial charge in [-0.1, -0.05) is 35.9 Å². The van der Waals surface area contributed by atoms with Gasteiger partial charge < -0.3 is 10.1 Å². The van der Waals surface area contributed by atoms with Crippen molar-refractivity contribution in [3.63, 3.8) is 0 Å². The standard InChI is InChI=1S/C17H13ClN2O3S2/c18-12-5-2-1-4-11(12)8-19-15(21)9-23-17(22)13-10-25-16(20-13)14-6-3-7-24-14/h1-7,10H,8-9H2,(H,19,21). The molecule has 1 aromatic carbocycles. The highest BCUT2D eigenvalue weighted by atomic mass is 35.5. The highest BCUT2D eigenvalue weighted by Gasteiger charge is 2.15. The number of aromatic nitrogens is 1. The molecule has 0 radical (unpaired) electrons. The summed E-state index contributed by atoms with van der Waals surface area (Å²) in [6.45, 7) is -0.0928. The Morgan fingerprint density at radius 2 is 2.00 bits per heavy atom. The van der Waals surface area contributed by atoms with Crippen molar-refractivity contribution in [1.82, 2.24) is 10.3 Å². The minimum Gasteiger partial charge on any atom is -0.451 e. The van der Waals surface area contributed by atoms with E-state index in [0.717, 1.165) is 15.4 Å². The Morgan fingerprint density at radius 1 is 1.16 bits per heavy atom. The average molecular weight is 393 g/mol. The van der Waals surface area contributed by atoms with E-state index in [9.17, 15) is 9.59 Å². The monoisotopic (exact) mass is 392 g/mol. The molecule has 0 saturated carbocycles. The second kappa shape index (κ2) is 8.24. The lowest BCUT2D eigenvalue weighted by molar-refractivity contribution is -0.124. The molecule has 25 heavy (non-hydrogen) atoms. The minimum absolute atomic E-state index is 0.201. The molecule has 2 heterocycles. The topological polar surface area (TPSA) is 68.3 Å². The van der Waals surface area contributed by atoms with Gasteiger partial charge in [-0.05, 0) is 23.1 Å². The van der Waals surface area contributed by atoms with Crippen LogP contribution in [-0.2, 0) is 16.1 Å². The molecule has 0 saturated heterocycles. The highest BCUT2D eigenvalue weighted by Crippen LogP contribution is 2.27. The Kier molecular flexibility index (Phi) is 5.80. The van der Waals surface area contributed by atoms with Gasteiger partial charge in [-0.2, -0.15) is 0 Å². The van der Waals surface area contributed by atoms with Gasteiger partial charge in [0.15, 0.2) is 12.3 Å². The summed E-state index contributed by atoms with van der Waals surface area (Å²) in [5, 5.41) is 7.55. The molecule has 0 spiro atoms. The van der Waals surface area contributed by atoms with E-state index in [1.165, 1.54) is 11.3 Å². The van der Waals surface area contributed by atoms with Crippen molar-refractivity contribution in [3.8, 4) is 9.88 Å². The van der Waals surface area contributed by atoms with Gasteiger partial charge in [-0.3, -0.25) is 4.79 Å². The first-order valence-electron chi connectivity index (χ1n) is 7.30. The van der Waals surface area contributed by atoms with Crippen LogP contribution in [0.1, 0.15) is 16.1 Å². The van der Waals surface area contributed by atoms with Gasteiger partial charge in [0.25, 0.3) is 5.91 Å². The molecule has 1 amide bonds. The predicted octanol–water partition coefficient (Wildman–Crippen LogP) is 4.00. The second-order valence-corrected chi connectivity index (χ2v) is 7.17. The number of carbonyl (C=O) groups excluding carboxylic acids is 2. The number of esters is 1. The Labute approximate surface area is 157 Å². The van der Waals surface area contributed by atoms with Gasteiger partial charge in [0, 0.05) is 16.9 Å². The number of thiophene rings is 1. The molecule has 0 aliphatic heterocycles. The average Bonchev–Trinajstić information content (AvgIpc) is 3.30. The molecule has 3 rings (SSSR count). The van der Waals surface area contributed by atoms with Crippen LogP contribution < -0.4 is 5.32 Å². The van der Waals surface area contributed by atoms with Crippen LogP contribution in [-0.4, -0.2) is 23.5 Å². The van der Waals surface area contributed by atoms with Gasteiger partial charge in [0.2, 0.25) is 0 Å². The second-order valence-electron chi connectivity index (χ2n) is 4.96. The molecule has 0 aliphatic rings. The third-order valence-corrected chi connectivity index (χ3v) is 5.46. The number of hydrogen-bond acceptors (Lipinski definition) is 6. The summed E-state index contributed by atoms with van der Waals surface area (Å²) in [4.78, 5) is 29.0. The van der Waals surface area contributed by atoms with Crippen molar-refractivity contribution in [2.45, 2.75) is 6.54 Å². The van der Waals surface area contributed by atoms with E-state index in [-0.39, 0.29) is 18.8 Å². The molecule has 128 valence electrons. The Balaban J connectivity index is 1.49. The highest BCUT2D eigenvalue weighted by molar-refractivity contribution is 7.20. The van der Waals surface area contributed by atoms with Crippen LogP contribution >= 0.6 is 34.3 Å². The molecular formula is C17H13ClN2O3S2. The van der Waals surface area contributed by atoms with Crippen LogP contribution in [0.25, 0.3) is 9.88 Å². The lowest BCUT2D eigenvalue weighted by Crippen LogP contribution is -2.28. The molecule has 1 N–H and O–H groups in total. The molecule has 0 atom stereocenters. The molecular weight excluding hydrogens is 380 g/mol. The van der Waals surface area contributed by atoms with Crippen LogP contribution in [0.15, 0.2) is 47.2 Å². The van der Waals surface area contributed by atoms with E-state index in [0.29, 0.717) is 5.02 Å². The Hall–Kier alpha value is -2.22. The first-order valence-corrected chi connectivity index (χ1v) is 9.44. The van der Waals surface area contributed by atoms with E-state index in [4.69, 9.17) is 16.3 Å². The third kappa shape index (κ3) is 4.66. The van der Waals surface area contributed by atoms with E-state index < -0.39 is 11.9 Å². The van der Waals surface area contributed by atoms with Crippen molar-refractivity contribution in [2.75, 3.05) is 6.61 Å². The molecule has 0 fully saturated rings. The Bertz CT molecular complexity index is 878. The van der Waals surface area contributed by atoms with Crippen LogP contribution in [0.5, 0.6) is 0 Å². The van der Waals surface area contributed by atoms with Crippen molar-refractivity contribution in [2.24, 2.45) is 0 Å². The molecule has 5 nitrogen and oxygen atoms in total.